The summed E-state index contributed by atoms with van der Waals surface area (Å²) in [6.45, 7) is 0. The summed E-state index contributed by atoms with van der Waals surface area (Å²) >= 11 is 0. The maximum atomic E-state index is 13.9. The van der Waals surface area contributed by atoms with Crippen LogP contribution in [0.1, 0.15) is 25.7 Å². The molecule has 0 unspecified atom stereocenters. The van der Waals surface area contributed by atoms with E-state index < -0.39 is 12.3 Å². The number of alkyl halides is 1. The van der Waals surface area contributed by atoms with E-state index in [1.54, 1.807) is 29.2 Å². The molecule has 27 heavy (non-hydrogen) atoms. The molecule has 3 aromatic heterocycles. The van der Waals surface area contributed by atoms with E-state index in [1.165, 1.54) is 6.07 Å². The third kappa shape index (κ3) is 3.74. The molecule has 1 aliphatic carbocycles. The van der Waals surface area contributed by atoms with Gasteiger partial charge in [0, 0.05) is 37.1 Å². The molecule has 1 fully saturated rings. The maximum Gasteiger partial charge on any atom is 0.233 e. The molecule has 1 saturated carbocycles. The van der Waals surface area contributed by atoms with Crippen LogP contribution in [0.3, 0.4) is 0 Å². The van der Waals surface area contributed by atoms with Crippen LogP contribution in [0.15, 0.2) is 41.6 Å². The number of hydrogen-bond donors (Lipinski definition) is 1. The molecule has 3 heterocycles. The number of aromatic amines is 1. The second kappa shape index (κ2) is 7.30. The fourth-order valence-electron chi connectivity index (χ4n) is 3.26. The Morgan fingerprint density at radius 3 is 2.78 bits per heavy atom. The molecule has 1 aliphatic rings. The molecular formula is C19H20FN5O2. The number of H-pyrrole nitrogens is 1. The number of rotatable bonds is 4. The molecule has 0 amide bonds. The molecule has 0 bridgehead atoms. The maximum absolute atomic E-state index is 13.9. The first-order valence-corrected chi connectivity index (χ1v) is 8.97. The highest BCUT2D eigenvalue weighted by molar-refractivity contribution is 5.63. The Morgan fingerprint density at radius 1 is 1.26 bits per heavy atom. The second-order valence-corrected chi connectivity index (χ2v) is 6.74. The lowest BCUT2D eigenvalue weighted by molar-refractivity contribution is 0.0594. The van der Waals surface area contributed by atoms with E-state index in [2.05, 4.69) is 20.3 Å². The van der Waals surface area contributed by atoms with Gasteiger partial charge in [0.05, 0.1) is 23.1 Å². The normalized spacial score (nSPS) is 19.8. The number of nitrogens with zero attached hydrogens (tertiary/aromatic N) is 4. The summed E-state index contributed by atoms with van der Waals surface area (Å²) in [5, 5.41) is 12.2. The molecule has 0 spiro atoms. The number of pyridine rings is 1. The van der Waals surface area contributed by atoms with Crippen molar-refractivity contribution >= 4 is 0 Å². The molecule has 3 aromatic rings. The van der Waals surface area contributed by atoms with E-state index >= 15 is 0 Å². The minimum atomic E-state index is -0.969. The lowest BCUT2D eigenvalue weighted by atomic mass is 9.96. The highest BCUT2D eigenvalue weighted by Gasteiger charge is 2.26. The molecular weight excluding hydrogens is 349 g/mol. The standard InChI is InChI=1S/C19H20FN5O2/c1-25-11-12(9-22-25)16-8-17(26)13(10-21-16)15-6-7-19(24-23-15)27-18-5-3-2-4-14(18)20/h6-11,14,18H,2-5H2,1H3,(H,21,26)/t14-,18+/m0/s1. The van der Waals surface area contributed by atoms with Crippen LogP contribution in [0.25, 0.3) is 22.5 Å². The van der Waals surface area contributed by atoms with Crippen LogP contribution < -0.4 is 10.2 Å². The first kappa shape index (κ1) is 17.4. The predicted molar refractivity (Wildman–Crippen MR) is 98.1 cm³/mol. The minimum Gasteiger partial charge on any atom is -0.470 e. The van der Waals surface area contributed by atoms with Crippen LogP contribution in [-0.2, 0) is 7.05 Å². The summed E-state index contributed by atoms with van der Waals surface area (Å²) in [5.41, 5.74) is 2.16. The van der Waals surface area contributed by atoms with E-state index in [4.69, 9.17) is 4.74 Å². The van der Waals surface area contributed by atoms with Gasteiger partial charge < -0.3 is 9.72 Å². The van der Waals surface area contributed by atoms with Crippen molar-refractivity contribution in [1.29, 1.82) is 0 Å². The highest BCUT2D eigenvalue weighted by atomic mass is 19.1. The zero-order valence-electron chi connectivity index (χ0n) is 14.9. The molecule has 0 aliphatic heterocycles. The van der Waals surface area contributed by atoms with Gasteiger partial charge in [0.1, 0.15) is 12.3 Å². The average molecular weight is 369 g/mol. The van der Waals surface area contributed by atoms with Crippen molar-refractivity contribution in [1.82, 2.24) is 25.0 Å². The van der Waals surface area contributed by atoms with Gasteiger partial charge >= 0.3 is 0 Å². The summed E-state index contributed by atoms with van der Waals surface area (Å²) < 4.78 is 21.2. The summed E-state index contributed by atoms with van der Waals surface area (Å²) in [6.07, 6.45) is 6.71. The quantitative estimate of drug-likeness (QED) is 0.764. The minimum absolute atomic E-state index is 0.174. The molecule has 8 heteroatoms. The lowest BCUT2D eigenvalue weighted by Crippen LogP contribution is -2.32. The van der Waals surface area contributed by atoms with Crippen molar-refractivity contribution in [2.24, 2.45) is 7.05 Å². The van der Waals surface area contributed by atoms with Gasteiger partial charge in [0.2, 0.25) is 5.88 Å². The molecule has 4 rings (SSSR count). The van der Waals surface area contributed by atoms with Crippen LogP contribution in [0.2, 0.25) is 0 Å². The van der Waals surface area contributed by atoms with Gasteiger partial charge in [0.15, 0.2) is 5.43 Å². The van der Waals surface area contributed by atoms with Crippen molar-refractivity contribution in [3.05, 3.63) is 47.0 Å². The second-order valence-electron chi connectivity index (χ2n) is 6.74. The Balaban J connectivity index is 1.52. The SMILES string of the molecule is Cn1cc(-c2cc(=O)c(-c3ccc(O[C@@H]4CCCC[C@@H]4F)nn3)c[nH]2)cn1. The molecule has 7 nitrogen and oxygen atoms in total. The topological polar surface area (TPSA) is 85.7 Å². The first-order valence-electron chi connectivity index (χ1n) is 8.97. The van der Waals surface area contributed by atoms with Crippen molar-refractivity contribution < 1.29 is 9.13 Å². The lowest BCUT2D eigenvalue weighted by Gasteiger charge is -2.25. The van der Waals surface area contributed by atoms with Crippen molar-refractivity contribution in [3.8, 4) is 28.4 Å². The average Bonchev–Trinajstić information content (AvgIpc) is 3.11. The number of ether oxygens (including phenoxy) is 1. The van der Waals surface area contributed by atoms with Crippen LogP contribution in [0.5, 0.6) is 5.88 Å². The number of aryl methyl sites for hydroxylation is 1. The van der Waals surface area contributed by atoms with Gasteiger partial charge in [-0.25, -0.2) is 4.39 Å². The van der Waals surface area contributed by atoms with Gasteiger partial charge in [0.25, 0.3) is 0 Å². The van der Waals surface area contributed by atoms with Crippen LogP contribution in [0, 0.1) is 0 Å². The van der Waals surface area contributed by atoms with E-state index in [0.29, 0.717) is 29.8 Å². The van der Waals surface area contributed by atoms with E-state index in [9.17, 15) is 9.18 Å². The fraction of sp³-hybridized carbons (Fsp3) is 0.368. The zero-order valence-corrected chi connectivity index (χ0v) is 14.9. The number of halogens is 1. The molecule has 0 aromatic carbocycles. The third-order valence-electron chi connectivity index (χ3n) is 4.74. The largest absolute Gasteiger partial charge is 0.470 e. The molecule has 1 N–H and O–H groups in total. The van der Waals surface area contributed by atoms with Crippen LogP contribution >= 0.6 is 0 Å². The smallest absolute Gasteiger partial charge is 0.233 e. The third-order valence-corrected chi connectivity index (χ3v) is 4.74. The van der Waals surface area contributed by atoms with Gasteiger partial charge in [-0.05, 0) is 25.3 Å². The summed E-state index contributed by atoms with van der Waals surface area (Å²) in [4.78, 5) is 15.6. The van der Waals surface area contributed by atoms with Crippen molar-refractivity contribution in [3.63, 3.8) is 0 Å². The predicted octanol–water partition coefficient (Wildman–Crippen LogP) is 2.89. The number of hydrogen-bond acceptors (Lipinski definition) is 5. The Hall–Kier alpha value is -3.03. The van der Waals surface area contributed by atoms with Gasteiger partial charge in [-0.3, -0.25) is 9.48 Å². The Kier molecular flexibility index (Phi) is 4.70. The van der Waals surface area contributed by atoms with Gasteiger partial charge in [-0.1, -0.05) is 6.42 Å². The van der Waals surface area contributed by atoms with Crippen LogP contribution in [-0.4, -0.2) is 37.2 Å². The Bertz CT molecular complexity index is 982. The van der Waals surface area contributed by atoms with E-state index in [-0.39, 0.29) is 11.3 Å². The molecule has 0 radical (unpaired) electrons. The highest BCUT2D eigenvalue weighted by Crippen LogP contribution is 2.25. The monoisotopic (exact) mass is 369 g/mol. The number of aromatic nitrogens is 5. The first-order chi connectivity index (χ1) is 13.1. The Morgan fingerprint density at radius 2 is 2.11 bits per heavy atom. The summed E-state index contributed by atoms with van der Waals surface area (Å²) in [5.74, 6) is 0.275. The molecule has 140 valence electrons. The van der Waals surface area contributed by atoms with E-state index in [0.717, 1.165) is 18.4 Å². The molecule has 2 atom stereocenters. The number of nitrogens with one attached hydrogen (secondary N) is 1. The Labute approximate surface area is 155 Å². The zero-order chi connectivity index (χ0) is 18.8. The van der Waals surface area contributed by atoms with Gasteiger partial charge in [-0.15, -0.1) is 10.2 Å². The van der Waals surface area contributed by atoms with Crippen molar-refractivity contribution in [2.45, 2.75) is 38.0 Å². The molecule has 0 saturated heterocycles. The van der Waals surface area contributed by atoms with E-state index in [1.807, 2.05) is 13.2 Å². The van der Waals surface area contributed by atoms with Crippen LogP contribution in [0.4, 0.5) is 4.39 Å². The summed E-state index contributed by atoms with van der Waals surface area (Å²) in [6, 6.07) is 4.79. The summed E-state index contributed by atoms with van der Waals surface area (Å²) in [7, 11) is 1.81. The van der Waals surface area contributed by atoms with Gasteiger partial charge in [-0.2, -0.15) is 5.10 Å². The fourth-order valence-corrected chi connectivity index (χ4v) is 3.26. The van der Waals surface area contributed by atoms with Crippen molar-refractivity contribution in [2.75, 3.05) is 0 Å².